The molecule has 4 amide bonds. The summed E-state index contributed by atoms with van der Waals surface area (Å²) in [5.74, 6) is 0. The number of anilines is 1. The summed E-state index contributed by atoms with van der Waals surface area (Å²) in [5.41, 5.74) is 1.64. The van der Waals surface area contributed by atoms with Crippen LogP contribution in [0.15, 0.2) is 23.1 Å². The fourth-order valence-corrected chi connectivity index (χ4v) is 4.23. The molecule has 8 nitrogen and oxygen atoms in total. The quantitative estimate of drug-likeness (QED) is 0.809. The summed E-state index contributed by atoms with van der Waals surface area (Å²) < 4.78 is 23.4. The summed E-state index contributed by atoms with van der Waals surface area (Å²) in [6.07, 6.45) is 3.26. The fraction of sp³-hybridized carbons (Fsp3) is 0.556. The first-order valence-corrected chi connectivity index (χ1v) is 11.1. The van der Waals surface area contributed by atoms with Gasteiger partial charge in [0.1, 0.15) is 0 Å². The molecule has 0 aromatic heterocycles. The van der Waals surface area contributed by atoms with Gasteiger partial charge in [-0.2, -0.15) is 0 Å². The highest BCUT2D eigenvalue weighted by Gasteiger charge is 2.29. The van der Waals surface area contributed by atoms with Gasteiger partial charge in [0.05, 0.1) is 4.90 Å². The Bertz CT molecular complexity index is 832. The molecule has 27 heavy (non-hydrogen) atoms. The first-order chi connectivity index (χ1) is 12.8. The molecule has 0 unspecified atom stereocenters. The van der Waals surface area contributed by atoms with E-state index in [1.165, 1.54) is 6.26 Å². The van der Waals surface area contributed by atoms with E-state index in [-0.39, 0.29) is 23.0 Å². The monoisotopic (exact) mass is 394 g/mol. The van der Waals surface area contributed by atoms with Gasteiger partial charge in [-0.05, 0) is 49.9 Å². The smallest absolute Gasteiger partial charge is 0.322 e. The number of benzene rings is 1. The standard InChI is InChI=1S/C18H26N4O4S/c1-3-19-17(23)21-9-7-14(8-10-21)20-18(24)22-11-6-13-12-15(27(2,25)26)4-5-16(13)22/h4-5,12,14H,3,6-11H2,1-2H3,(H,19,23)(H,20,24). The van der Waals surface area contributed by atoms with E-state index in [1.54, 1.807) is 28.0 Å². The van der Waals surface area contributed by atoms with E-state index < -0.39 is 9.84 Å². The molecule has 148 valence electrons. The minimum Gasteiger partial charge on any atom is -0.338 e. The number of piperidine rings is 1. The molecular weight excluding hydrogens is 368 g/mol. The molecule has 1 saturated heterocycles. The number of nitrogens with one attached hydrogen (secondary N) is 2. The van der Waals surface area contributed by atoms with Crippen LogP contribution in [0.3, 0.4) is 0 Å². The molecule has 1 aromatic carbocycles. The second-order valence-corrected chi connectivity index (χ2v) is 9.03. The number of sulfone groups is 1. The van der Waals surface area contributed by atoms with Crippen molar-refractivity contribution in [2.45, 2.75) is 37.1 Å². The van der Waals surface area contributed by atoms with Crippen molar-refractivity contribution >= 4 is 27.6 Å². The van der Waals surface area contributed by atoms with Crippen molar-refractivity contribution in [2.24, 2.45) is 0 Å². The van der Waals surface area contributed by atoms with Gasteiger partial charge in [0.15, 0.2) is 9.84 Å². The Hall–Kier alpha value is -2.29. The Morgan fingerprint density at radius 2 is 1.85 bits per heavy atom. The second kappa shape index (κ2) is 7.75. The van der Waals surface area contributed by atoms with Crippen LogP contribution in [0, 0.1) is 0 Å². The Labute approximate surface area is 159 Å². The zero-order valence-corrected chi connectivity index (χ0v) is 16.5. The molecule has 0 aliphatic carbocycles. The number of hydrogen-bond acceptors (Lipinski definition) is 4. The lowest BCUT2D eigenvalue weighted by Gasteiger charge is -2.33. The normalized spacial score (nSPS) is 17.6. The SMILES string of the molecule is CCNC(=O)N1CCC(NC(=O)N2CCc3cc(S(C)(=O)=O)ccc32)CC1. The number of nitrogens with zero attached hydrogens (tertiary/aromatic N) is 2. The second-order valence-electron chi connectivity index (χ2n) is 7.01. The van der Waals surface area contributed by atoms with Gasteiger partial charge in [-0.1, -0.05) is 0 Å². The highest BCUT2D eigenvalue weighted by atomic mass is 32.2. The van der Waals surface area contributed by atoms with Gasteiger partial charge < -0.3 is 15.5 Å². The summed E-state index contributed by atoms with van der Waals surface area (Å²) in [6, 6.07) is 4.71. The van der Waals surface area contributed by atoms with Gasteiger partial charge in [0, 0.05) is 44.2 Å². The summed E-state index contributed by atoms with van der Waals surface area (Å²) in [5, 5.41) is 5.84. The number of hydrogen-bond donors (Lipinski definition) is 2. The lowest BCUT2D eigenvalue weighted by Crippen LogP contribution is -2.51. The van der Waals surface area contributed by atoms with Crippen LogP contribution in [0.2, 0.25) is 0 Å². The Balaban J connectivity index is 1.59. The van der Waals surface area contributed by atoms with Crippen molar-refractivity contribution < 1.29 is 18.0 Å². The molecular formula is C18H26N4O4S. The molecule has 0 bridgehead atoms. The fourth-order valence-electron chi connectivity index (χ4n) is 3.56. The third-order valence-corrected chi connectivity index (χ3v) is 6.17. The number of carbonyl (C=O) groups is 2. The summed E-state index contributed by atoms with van der Waals surface area (Å²) in [7, 11) is -3.26. The molecule has 0 saturated carbocycles. The number of fused-ring (bicyclic) bond motifs is 1. The maximum atomic E-state index is 12.7. The van der Waals surface area contributed by atoms with Crippen LogP contribution in [-0.4, -0.2) is 63.9 Å². The van der Waals surface area contributed by atoms with E-state index in [1.807, 2.05) is 6.92 Å². The lowest BCUT2D eigenvalue weighted by molar-refractivity contribution is 0.177. The molecule has 9 heteroatoms. The molecule has 2 aliphatic rings. The van der Waals surface area contributed by atoms with E-state index in [4.69, 9.17) is 0 Å². The van der Waals surface area contributed by atoms with Gasteiger partial charge in [-0.15, -0.1) is 0 Å². The number of carbonyl (C=O) groups excluding carboxylic acids is 2. The summed E-state index contributed by atoms with van der Waals surface area (Å²) in [6.45, 7) is 4.25. The first-order valence-electron chi connectivity index (χ1n) is 9.23. The van der Waals surface area contributed by atoms with Crippen LogP contribution in [0.1, 0.15) is 25.3 Å². The van der Waals surface area contributed by atoms with Crippen LogP contribution in [0.5, 0.6) is 0 Å². The molecule has 3 rings (SSSR count). The first kappa shape index (κ1) is 19.5. The predicted molar refractivity (Wildman–Crippen MR) is 103 cm³/mol. The number of likely N-dealkylation sites (tertiary alicyclic amines) is 1. The minimum atomic E-state index is -3.26. The highest BCUT2D eigenvalue weighted by Crippen LogP contribution is 2.30. The Morgan fingerprint density at radius 1 is 1.15 bits per heavy atom. The minimum absolute atomic E-state index is 0.0301. The van der Waals surface area contributed by atoms with Crippen molar-refractivity contribution in [3.8, 4) is 0 Å². The average Bonchev–Trinajstić information content (AvgIpc) is 3.05. The van der Waals surface area contributed by atoms with Crippen LogP contribution in [0.4, 0.5) is 15.3 Å². The van der Waals surface area contributed by atoms with Gasteiger partial charge in [0.2, 0.25) is 0 Å². The summed E-state index contributed by atoms with van der Waals surface area (Å²) in [4.78, 5) is 28.2. The molecule has 1 fully saturated rings. The lowest BCUT2D eigenvalue weighted by atomic mass is 10.1. The van der Waals surface area contributed by atoms with Crippen molar-refractivity contribution in [1.29, 1.82) is 0 Å². The third kappa shape index (κ3) is 4.35. The Morgan fingerprint density at radius 3 is 2.48 bits per heavy atom. The summed E-state index contributed by atoms with van der Waals surface area (Å²) >= 11 is 0. The van der Waals surface area contributed by atoms with E-state index >= 15 is 0 Å². The van der Waals surface area contributed by atoms with Gasteiger partial charge in [-0.25, -0.2) is 18.0 Å². The molecule has 2 heterocycles. The van der Waals surface area contributed by atoms with Crippen molar-refractivity contribution in [1.82, 2.24) is 15.5 Å². The zero-order chi connectivity index (χ0) is 19.6. The predicted octanol–water partition coefficient (Wildman–Crippen LogP) is 1.36. The van der Waals surface area contributed by atoms with Crippen molar-refractivity contribution in [3.05, 3.63) is 23.8 Å². The van der Waals surface area contributed by atoms with Crippen LogP contribution >= 0.6 is 0 Å². The van der Waals surface area contributed by atoms with Crippen LogP contribution in [0.25, 0.3) is 0 Å². The maximum Gasteiger partial charge on any atom is 0.322 e. The topological polar surface area (TPSA) is 98.8 Å². The molecule has 0 radical (unpaired) electrons. The third-order valence-electron chi connectivity index (χ3n) is 5.06. The van der Waals surface area contributed by atoms with Crippen LogP contribution in [-0.2, 0) is 16.3 Å². The van der Waals surface area contributed by atoms with Crippen LogP contribution < -0.4 is 15.5 Å². The molecule has 2 aliphatic heterocycles. The Kier molecular flexibility index (Phi) is 5.59. The molecule has 2 N–H and O–H groups in total. The molecule has 0 spiro atoms. The highest BCUT2D eigenvalue weighted by molar-refractivity contribution is 7.90. The number of amides is 4. The van der Waals surface area contributed by atoms with E-state index in [9.17, 15) is 18.0 Å². The number of urea groups is 2. The molecule has 0 atom stereocenters. The maximum absolute atomic E-state index is 12.7. The van der Waals surface area contributed by atoms with E-state index in [0.717, 1.165) is 24.1 Å². The van der Waals surface area contributed by atoms with Crippen molar-refractivity contribution in [3.63, 3.8) is 0 Å². The van der Waals surface area contributed by atoms with Gasteiger partial charge >= 0.3 is 12.1 Å². The van der Waals surface area contributed by atoms with Crippen molar-refractivity contribution in [2.75, 3.05) is 37.3 Å². The van der Waals surface area contributed by atoms with E-state index in [0.29, 0.717) is 32.6 Å². The van der Waals surface area contributed by atoms with Gasteiger partial charge in [0.25, 0.3) is 0 Å². The largest absolute Gasteiger partial charge is 0.338 e. The molecule has 1 aromatic rings. The van der Waals surface area contributed by atoms with E-state index in [2.05, 4.69) is 10.6 Å². The average molecular weight is 394 g/mol. The number of rotatable bonds is 3. The van der Waals surface area contributed by atoms with Gasteiger partial charge in [-0.3, -0.25) is 4.90 Å². The zero-order valence-electron chi connectivity index (χ0n) is 15.7.